The molecule has 154 valence electrons. The molecule has 0 radical (unpaired) electrons. The standard InChI is InChI=1S/C21H31N3O4/c1-5-28-21(27)24-11-9-16(10-12-24)22-18(25)13-19(26)23-20-15(4)7-6-8-17(20)14(2)3/h6-8,14,16H,5,9-13H2,1-4H3,(H,22,25)(H,23,26). The summed E-state index contributed by atoms with van der Waals surface area (Å²) >= 11 is 0. The molecule has 0 aromatic heterocycles. The first-order chi connectivity index (χ1) is 13.3. The van der Waals surface area contributed by atoms with E-state index in [-0.39, 0.29) is 36.3 Å². The highest BCUT2D eigenvalue weighted by Gasteiger charge is 2.25. The Kier molecular flexibility index (Phi) is 7.84. The van der Waals surface area contributed by atoms with Crippen molar-refractivity contribution in [1.29, 1.82) is 0 Å². The van der Waals surface area contributed by atoms with Crippen molar-refractivity contribution in [3.8, 4) is 0 Å². The van der Waals surface area contributed by atoms with Crippen molar-refractivity contribution >= 4 is 23.6 Å². The first kappa shape index (κ1) is 21.7. The Morgan fingerprint density at radius 3 is 2.46 bits per heavy atom. The predicted octanol–water partition coefficient (Wildman–Crippen LogP) is 3.18. The molecule has 1 fully saturated rings. The van der Waals surface area contributed by atoms with Crippen LogP contribution in [0.5, 0.6) is 0 Å². The van der Waals surface area contributed by atoms with E-state index in [1.54, 1.807) is 11.8 Å². The lowest BCUT2D eigenvalue weighted by molar-refractivity contribution is -0.127. The Labute approximate surface area is 166 Å². The zero-order chi connectivity index (χ0) is 20.7. The number of rotatable bonds is 6. The van der Waals surface area contributed by atoms with Crippen molar-refractivity contribution in [3.05, 3.63) is 29.3 Å². The maximum absolute atomic E-state index is 12.4. The van der Waals surface area contributed by atoms with E-state index in [0.29, 0.717) is 32.5 Å². The van der Waals surface area contributed by atoms with Gasteiger partial charge in [-0.2, -0.15) is 0 Å². The Morgan fingerprint density at radius 1 is 1.18 bits per heavy atom. The molecule has 1 aromatic rings. The molecule has 1 aliphatic heterocycles. The van der Waals surface area contributed by atoms with Gasteiger partial charge in [-0.25, -0.2) is 4.79 Å². The molecule has 1 heterocycles. The van der Waals surface area contributed by atoms with E-state index in [2.05, 4.69) is 24.5 Å². The average molecular weight is 389 g/mol. The van der Waals surface area contributed by atoms with Crippen molar-refractivity contribution in [2.24, 2.45) is 0 Å². The van der Waals surface area contributed by atoms with Gasteiger partial charge in [-0.05, 0) is 43.7 Å². The molecule has 28 heavy (non-hydrogen) atoms. The number of piperidine rings is 1. The number of aryl methyl sites for hydroxylation is 1. The van der Waals surface area contributed by atoms with Crippen LogP contribution in [0.15, 0.2) is 18.2 Å². The lowest BCUT2D eigenvalue weighted by atomic mass is 9.98. The fraction of sp³-hybridized carbons (Fsp3) is 0.571. The number of nitrogens with zero attached hydrogens (tertiary/aromatic N) is 1. The van der Waals surface area contributed by atoms with Gasteiger partial charge in [-0.1, -0.05) is 32.0 Å². The van der Waals surface area contributed by atoms with Gasteiger partial charge in [0.25, 0.3) is 0 Å². The molecule has 1 aromatic carbocycles. The van der Waals surface area contributed by atoms with E-state index in [9.17, 15) is 14.4 Å². The van der Waals surface area contributed by atoms with Gasteiger partial charge in [0.05, 0.1) is 6.61 Å². The zero-order valence-electron chi connectivity index (χ0n) is 17.2. The first-order valence-electron chi connectivity index (χ1n) is 9.92. The van der Waals surface area contributed by atoms with Crippen LogP contribution in [0.25, 0.3) is 0 Å². The number of carbonyl (C=O) groups excluding carboxylic acids is 3. The van der Waals surface area contributed by atoms with E-state index >= 15 is 0 Å². The fourth-order valence-electron chi connectivity index (χ4n) is 3.37. The summed E-state index contributed by atoms with van der Waals surface area (Å²) < 4.78 is 4.99. The van der Waals surface area contributed by atoms with Gasteiger partial charge in [-0.15, -0.1) is 0 Å². The summed E-state index contributed by atoms with van der Waals surface area (Å²) in [6.07, 6.45) is 0.776. The summed E-state index contributed by atoms with van der Waals surface area (Å²) in [6.45, 7) is 9.29. The number of anilines is 1. The van der Waals surface area contributed by atoms with Gasteiger partial charge < -0.3 is 20.3 Å². The smallest absolute Gasteiger partial charge is 0.409 e. The van der Waals surface area contributed by atoms with E-state index < -0.39 is 0 Å². The van der Waals surface area contributed by atoms with Crippen LogP contribution in [0, 0.1) is 6.92 Å². The number of para-hydroxylation sites is 1. The number of carbonyl (C=O) groups is 3. The number of likely N-dealkylation sites (tertiary alicyclic amines) is 1. The van der Waals surface area contributed by atoms with Crippen LogP contribution < -0.4 is 10.6 Å². The third-order valence-electron chi connectivity index (χ3n) is 4.90. The molecule has 2 N–H and O–H groups in total. The summed E-state index contributed by atoms with van der Waals surface area (Å²) in [4.78, 5) is 38.0. The summed E-state index contributed by atoms with van der Waals surface area (Å²) in [5.74, 6) is -0.349. The normalized spacial score (nSPS) is 14.7. The predicted molar refractivity (Wildman–Crippen MR) is 108 cm³/mol. The topological polar surface area (TPSA) is 87.7 Å². The van der Waals surface area contributed by atoms with Crippen molar-refractivity contribution < 1.29 is 19.1 Å². The van der Waals surface area contributed by atoms with Crippen molar-refractivity contribution in [2.45, 2.75) is 58.9 Å². The van der Waals surface area contributed by atoms with Gasteiger partial charge >= 0.3 is 6.09 Å². The fourth-order valence-corrected chi connectivity index (χ4v) is 3.37. The van der Waals surface area contributed by atoms with Crippen LogP contribution in [0.4, 0.5) is 10.5 Å². The molecule has 1 saturated heterocycles. The highest BCUT2D eigenvalue weighted by atomic mass is 16.6. The zero-order valence-corrected chi connectivity index (χ0v) is 17.2. The maximum Gasteiger partial charge on any atom is 0.409 e. The monoisotopic (exact) mass is 389 g/mol. The molecule has 3 amide bonds. The van der Waals surface area contributed by atoms with E-state index in [0.717, 1.165) is 16.8 Å². The number of amides is 3. The number of benzene rings is 1. The highest BCUT2D eigenvalue weighted by Crippen LogP contribution is 2.27. The molecule has 0 unspecified atom stereocenters. The quantitative estimate of drug-likeness (QED) is 0.732. The van der Waals surface area contributed by atoms with Crippen LogP contribution in [-0.2, 0) is 14.3 Å². The molecule has 0 bridgehead atoms. The van der Waals surface area contributed by atoms with Gasteiger partial charge in [0.2, 0.25) is 11.8 Å². The van der Waals surface area contributed by atoms with Crippen LogP contribution in [0.1, 0.15) is 57.1 Å². The minimum absolute atomic E-state index is 0.0318. The van der Waals surface area contributed by atoms with Crippen LogP contribution in [-0.4, -0.2) is 48.5 Å². The van der Waals surface area contributed by atoms with Gasteiger partial charge in [0.1, 0.15) is 6.42 Å². The average Bonchev–Trinajstić information content (AvgIpc) is 2.63. The summed E-state index contributed by atoms with van der Waals surface area (Å²) in [5, 5.41) is 5.80. The van der Waals surface area contributed by atoms with Gasteiger partial charge in [0, 0.05) is 24.8 Å². The van der Waals surface area contributed by atoms with Crippen molar-refractivity contribution in [1.82, 2.24) is 10.2 Å². The molecule has 0 spiro atoms. The molecule has 7 heteroatoms. The maximum atomic E-state index is 12.4. The number of hydrogen-bond donors (Lipinski definition) is 2. The van der Waals surface area contributed by atoms with Crippen molar-refractivity contribution in [2.75, 3.05) is 25.0 Å². The lowest BCUT2D eigenvalue weighted by Gasteiger charge is -2.31. The van der Waals surface area contributed by atoms with Crippen LogP contribution >= 0.6 is 0 Å². The van der Waals surface area contributed by atoms with Crippen LogP contribution in [0.2, 0.25) is 0 Å². The number of nitrogens with one attached hydrogen (secondary N) is 2. The minimum Gasteiger partial charge on any atom is -0.450 e. The molecule has 0 aliphatic carbocycles. The Bertz CT molecular complexity index is 710. The Hall–Kier alpha value is -2.57. The van der Waals surface area contributed by atoms with E-state index in [4.69, 9.17) is 4.74 Å². The second-order valence-electron chi connectivity index (χ2n) is 7.45. The Morgan fingerprint density at radius 2 is 1.86 bits per heavy atom. The third kappa shape index (κ3) is 5.97. The molecular weight excluding hydrogens is 358 g/mol. The lowest BCUT2D eigenvalue weighted by Crippen LogP contribution is -2.47. The SMILES string of the molecule is CCOC(=O)N1CCC(NC(=O)CC(=O)Nc2c(C)cccc2C(C)C)CC1. The second kappa shape index (κ2) is 10.1. The molecular formula is C21H31N3O4. The molecule has 7 nitrogen and oxygen atoms in total. The number of ether oxygens (including phenoxy) is 1. The molecule has 0 atom stereocenters. The van der Waals surface area contributed by atoms with Gasteiger partial charge in [0.15, 0.2) is 0 Å². The first-order valence-corrected chi connectivity index (χ1v) is 9.92. The summed E-state index contributed by atoms with van der Waals surface area (Å²) in [5.41, 5.74) is 2.82. The van der Waals surface area contributed by atoms with Crippen molar-refractivity contribution in [3.63, 3.8) is 0 Å². The largest absolute Gasteiger partial charge is 0.450 e. The Balaban J connectivity index is 1.83. The molecule has 2 rings (SSSR count). The number of hydrogen-bond acceptors (Lipinski definition) is 4. The van der Waals surface area contributed by atoms with E-state index in [1.165, 1.54) is 0 Å². The second-order valence-corrected chi connectivity index (χ2v) is 7.45. The molecule has 1 aliphatic rings. The summed E-state index contributed by atoms with van der Waals surface area (Å²) in [6, 6.07) is 5.87. The molecule has 0 saturated carbocycles. The van der Waals surface area contributed by atoms with E-state index in [1.807, 2.05) is 25.1 Å². The third-order valence-corrected chi connectivity index (χ3v) is 4.90. The minimum atomic E-state index is -0.322. The van der Waals surface area contributed by atoms with Gasteiger partial charge in [-0.3, -0.25) is 9.59 Å². The highest BCUT2D eigenvalue weighted by molar-refractivity contribution is 6.04. The summed E-state index contributed by atoms with van der Waals surface area (Å²) in [7, 11) is 0. The van der Waals surface area contributed by atoms with Crippen LogP contribution in [0.3, 0.4) is 0 Å².